The highest BCUT2D eigenvalue weighted by molar-refractivity contribution is 6.08. The summed E-state index contributed by atoms with van der Waals surface area (Å²) >= 11 is 0. The van der Waals surface area contributed by atoms with E-state index in [1.807, 2.05) is 80.2 Å². The highest BCUT2D eigenvalue weighted by Gasteiger charge is 2.15. The van der Waals surface area contributed by atoms with Crippen molar-refractivity contribution < 1.29 is 9.53 Å². The molecule has 0 atom stereocenters. The number of ketones is 1. The SMILES string of the molecule is CC(C)Oc1ccc(C(=O)c2ccc(CC3=CC=CNN3)n2C)cc1. The van der Waals surface area contributed by atoms with Crippen molar-refractivity contribution in [2.24, 2.45) is 7.05 Å². The molecule has 0 spiro atoms. The molecule has 1 aromatic carbocycles. The van der Waals surface area contributed by atoms with Crippen LogP contribution in [0.3, 0.4) is 0 Å². The number of carbonyl (C=O) groups is 1. The maximum atomic E-state index is 12.8. The Kier molecular flexibility index (Phi) is 4.93. The number of hydrazine groups is 1. The van der Waals surface area contributed by atoms with Crippen LogP contribution >= 0.6 is 0 Å². The molecule has 2 heterocycles. The van der Waals surface area contributed by atoms with E-state index in [-0.39, 0.29) is 11.9 Å². The van der Waals surface area contributed by atoms with Crippen molar-refractivity contribution >= 4 is 5.78 Å². The second-order valence-electron chi connectivity index (χ2n) is 6.29. The molecule has 0 bridgehead atoms. The summed E-state index contributed by atoms with van der Waals surface area (Å²) in [7, 11) is 1.92. The zero-order valence-corrected chi connectivity index (χ0v) is 14.7. The maximum Gasteiger partial charge on any atom is 0.209 e. The molecule has 0 radical (unpaired) electrons. The lowest BCUT2D eigenvalue weighted by Gasteiger charge is -2.14. The van der Waals surface area contributed by atoms with E-state index in [1.54, 1.807) is 0 Å². The third-order valence-electron chi connectivity index (χ3n) is 4.03. The van der Waals surface area contributed by atoms with E-state index in [1.165, 1.54) is 0 Å². The van der Waals surface area contributed by atoms with Gasteiger partial charge in [-0.3, -0.25) is 4.79 Å². The third kappa shape index (κ3) is 3.94. The Morgan fingerprint density at radius 2 is 1.92 bits per heavy atom. The van der Waals surface area contributed by atoms with Crippen LogP contribution in [-0.2, 0) is 13.5 Å². The Morgan fingerprint density at radius 3 is 2.56 bits per heavy atom. The smallest absolute Gasteiger partial charge is 0.209 e. The molecule has 1 aliphatic heterocycles. The number of hydrogen-bond acceptors (Lipinski definition) is 4. The van der Waals surface area contributed by atoms with Gasteiger partial charge in [-0.2, -0.15) is 0 Å². The van der Waals surface area contributed by atoms with Gasteiger partial charge in [-0.1, -0.05) is 0 Å². The average molecular weight is 337 g/mol. The molecule has 5 nitrogen and oxygen atoms in total. The van der Waals surface area contributed by atoms with Crippen LogP contribution in [0.4, 0.5) is 0 Å². The van der Waals surface area contributed by atoms with Gasteiger partial charge in [0.05, 0.1) is 11.8 Å². The zero-order chi connectivity index (χ0) is 17.8. The number of nitrogens with one attached hydrogen (secondary N) is 2. The van der Waals surface area contributed by atoms with Gasteiger partial charge < -0.3 is 20.2 Å². The first-order valence-electron chi connectivity index (χ1n) is 8.38. The predicted octanol–water partition coefficient (Wildman–Crippen LogP) is 3.09. The van der Waals surface area contributed by atoms with E-state index in [0.29, 0.717) is 11.3 Å². The summed E-state index contributed by atoms with van der Waals surface area (Å²) in [5, 5.41) is 0. The number of rotatable bonds is 6. The Labute approximate surface area is 148 Å². The molecule has 0 amide bonds. The molecule has 0 saturated heterocycles. The van der Waals surface area contributed by atoms with E-state index in [2.05, 4.69) is 10.9 Å². The molecular formula is C20H23N3O2. The minimum atomic E-state index is 0.00782. The van der Waals surface area contributed by atoms with Crippen molar-refractivity contribution in [3.05, 3.63) is 77.4 Å². The maximum absolute atomic E-state index is 12.8. The molecule has 0 fully saturated rings. The fraction of sp³-hybridized carbons (Fsp3) is 0.250. The first-order chi connectivity index (χ1) is 12.0. The van der Waals surface area contributed by atoms with Gasteiger partial charge in [0.25, 0.3) is 0 Å². The van der Waals surface area contributed by atoms with Gasteiger partial charge in [-0.25, -0.2) is 0 Å². The highest BCUT2D eigenvalue weighted by atomic mass is 16.5. The molecule has 0 aliphatic carbocycles. The molecule has 1 aromatic heterocycles. The summed E-state index contributed by atoms with van der Waals surface area (Å²) in [5.41, 5.74) is 9.51. The van der Waals surface area contributed by atoms with E-state index in [4.69, 9.17) is 4.74 Å². The van der Waals surface area contributed by atoms with Gasteiger partial charge in [0, 0.05) is 36.6 Å². The molecule has 0 unspecified atom stereocenters. The minimum Gasteiger partial charge on any atom is -0.491 e. The summed E-state index contributed by atoms with van der Waals surface area (Å²) < 4.78 is 7.57. The summed E-state index contributed by atoms with van der Waals surface area (Å²) in [6.07, 6.45) is 6.63. The van der Waals surface area contributed by atoms with Gasteiger partial charge in [0.15, 0.2) is 0 Å². The van der Waals surface area contributed by atoms with E-state index >= 15 is 0 Å². The standard InChI is InChI=1S/C20H23N3O2/c1-14(2)25-18-9-6-15(7-10-18)20(24)19-11-8-17(23(19)3)13-16-5-4-12-21-22-16/h4-12,14,21-22H,13H2,1-3H3. The normalized spacial score (nSPS) is 13.2. The van der Waals surface area contributed by atoms with Crippen molar-refractivity contribution in [2.75, 3.05) is 0 Å². The van der Waals surface area contributed by atoms with Gasteiger partial charge in [0.1, 0.15) is 5.75 Å². The third-order valence-corrected chi connectivity index (χ3v) is 4.03. The van der Waals surface area contributed by atoms with E-state index < -0.39 is 0 Å². The van der Waals surface area contributed by atoms with Crippen LogP contribution in [-0.4, -0.2) is 16.5 Å². The van der Waals surface area contributed by atoms with Gasteiger partial charge in [-0.05, 0) is 62.4 Å². The lowest BCUT2D eigenvalue weighted by Crippen LogP contribution is -2.29. The predicted molar refractivity (Wildman–Crippen MR) is 98.2 cm³/mol. The number of ether oxygens (including phenoxy) is 1. The Morgan fingerprint density at radius 1 is 1.16 bits per heavy atom. The molecule has 3 rings (SSSR count). The lowest BCUT2D eigenvalue weighted by molar-refractivity contribution is 0.103. The van der Waals surface area contributed by atoms with Crippen LogP contribution in [0.1, 0.15) is 35.6 Å². The van der Waals surface area contributed by atoms with Crippen LogP contribution in [0.25, 0.3) is 0 Å². The van der Waals surface area contributed by atoms with Gasteiger partial charge in [0.2, 0.25) is 5.78 Å². The molecule has 1 aliphatic rings. The largest absolute Gasteiger partial charge is 0.491 e. The summed E-state index contributed by atoms with van der Waals surface area (Å²) in [5.74, 6) is 0.781. The summed E-state index contributed by atoms with van der Waals surface area (Å²) in [6.45, 7) is 3.96. The van der Waals surface area contributed by atoms with Gasteiger partial charge in [-0.15, -0.1) is 0 Å². The summed E-state index contributed by atoms with van der Waals surface area (Å²) in [6, 6.07) is 11.2. The number of benzene rings is 1. The Bertz CT molecular complexity index is 814. The van der Waals surface area contributed by atoms with Crippen molar-refractivity contribution in [2.45, 2.75) is 26.4 Å². The topological polar surface area (TPSA) is 55.3 Å². The Hall–Kier alpha value is -2.95. The van der Waals surface area contributed by atoms with Crippen molar-refractivity contribution in [1.29, 1.82) is 0 Å². The first kappa shape index (κ1) is 16.9. The molecule has 2 aromatic rings. The van der Waals surface area contributed by atoms with Crippen LogP contribution in [0.2, 0.25) is 0 Å². The zero-order valence-electron chi connectivity index (χ0n) is 14.7. The number of nitrogens with zero attached hydrogens (tertiary/aromatic N) is 1. The number of hydrogen-bond donors (Lipinski definition) is 2. The minimum absolute atomic E-state index is 0.00782. The fourth-order valence-electron chi connectivity index (χ4n) is 2.75. The molecule has 2 N–H and O–H groups in total. The lowest BCUT2D eigenvalue weighted by atomic mass is 10.1. The van der Waals surface area contributed by atoms with E-state index in [0.717, 1.165) is 23.6 Å². The van der Waals surface area contributed by atoms with Crippen molar-refractivity contribution in [1.82, 2.24) is 15.4 Å². The second-order valence-corrected chi connectivity index (χ2v) is 6.29. The quantitative estimate of drug-likeness (QED) is 0.796. The monoisotopic (exact) mass is 337 g/mol. The van der Waals surface area contributed by atoms with Crippen LogP contribution < -0.4 is 15.6 Å². The van der Waals surface area contributed by atoms with Crippen LogP contribution in [0, 0.1) is 0 Å². The number of allylic oxidation sites excluding steroid dienone is 3. The summed E-state index contributed by atoms with van der Waals surface area (Å²) in [4.78, 5) is 12.8. The first-order valence-corrected chi connectivity index (χ1v) is 8.38. The molecule has 130 valence electrons. The molecular weight excluding hydrogens is 314 g/mol. The number of aromatic nitrogens is 1. The van der Waals surface area contributed by atoms with Crippen molar-refractivity contribution in [3.8, 4) is 5.75 Å². The van der Waals surface area contributed by atoms with E-state index in [9.17, 15) is 4.79 Å². The Balaban J connectivity index is 1.76. The highest BCUT2D eigenvalue weighted by Crippen LogP contribution is 2.19. The molecule has 5 heteroatoms. The van der Waals surface area contributed by atoms with Crippen LogP contribution in [0.15, 0.2) is 60.4 Å². The average Bonchev–Trinajstić information content (AvgIpc) is 2.96. The van der Waals surface area contributed by atoms with Crippen molar-refractivity contribution in [3.63, 3.8) is 0 Å². The molecule has 25 heavy (non-hydrogen) atoms. The molecule has 0 saturated carbocycles. The fourth-order valence-corrected chi connectivity index (χ4v) is 2.75. The van der Waals surface area contributed by atoms with Crippen LogP contribution in [0.5, 0.6) is 5.75 Å². The van der Waals surface area contributed by atoms with Gasteiger partial charge >= 0.3 is 0 Å². The second kappa shape index (κ2) is 7.30. The number of carbonyl (C=O) groups excluding carboxylic acids is 1.